The third-order valence-electron chi connectivity index (χ3n) is 9.58. The second-order valence-electron chi connectivity index (χ2n) is 17.0. The van der Waals surface area contributed by atoms with Crippen LogP contribution in [0.25, 0.3) is 4.72 Å². The number of benzene rings is 1. The van der Waals surface area contributed by atoms with Crippen molar-refractivity contribution in [2.75, 3.05) is 39.6 Å². The molecule has 1 aromatic rings. The molecule has 1 rings (SSSR count). The van der Waals surface area contributed by atoms with Crippen LogP contribution < -0.4 is 56.1 Å². The fourth-order valence-electron chi connectivity index (χ4n) is 4.60. The minimum atomic E-state index is -5.91. The second-order valence-corrected chi connectivity index (χ2v) is 27.4. The standard InChI is InChI=1S/C17H38O3Si2.C14H16F3NO5S.C11H22O4.2CH4.K/c1-9-11-14-21(5,6)20-22(7,8)15-12-13-19-16(18)17(3,4)10-2;1-4-13(2,3)12(20)23-10-7-5-9(6-8-10)11(19)18-24(21,22)14(15,16)17;1-4-10(3)11(12)15-9-8-14-7-6-13-5-2;;;/h9-15H2,1-8H3;5-8H,4H2,1-3H3,(H,18,19);10H,4-9H2,1-3H3;2*1H4;/q;;;;;+1/p-1. The van der Waals surface area contributed by atoms with Gasteiger partial charge >= 0.3 is 74.8 Å². The summed E-state index contributed by atoms with van der Waals surface area (Å²) in [6.45, 7) is 31.5. The predicted octanol–water partition coefficient (Wildman–Crippen LogP) is 8.88. The summed E-state index contributed by atoms with van der Waals surface area (Å²) in [7, 11) is -9.07. The number of esters is 3. The fourth-order valence-corrected chi connectivity index (χ4v) is 14.0. The van der Waals surface area contributed by atoms with Crippen LogP contribution in [-0.4, -0.2) is 94.0 Å². The summed E-state index contributed by atoms with van der Waals surface area (Å²) in [5, 5.41) is 0. The van der Waals surface area contributed by atoms with E-state index in [4.69, 9.17) is 27.8 Å². The van der Waals surface area contributed by atoms with E-state index < -0.39 is 55.0 Å². The summed E-state index contributed by atoms with van der Waals surface area (Å²) in [6, 6.07) is 6.66. The van der Waals surface area contributed by atoms with E-state index in [9.17, 15) is 40.8 Å². The molecule has 64 heavy (non-hydrogen) atoms. The summed E-state index contributed by atoms with van der Waals surface area (Å²) in [4.78, 5) is 46.5. The molecule has 0 bridgehead atoms. The average molecular weight is 1000 g/mol. The molecule has 0 aliphatic heterocycles. The molecule has 372 valence electrons. The number of carbonyl (C=O) groups is 4. The van der Waals surface area contributed by atoms with Crippen molar-refractivity contribution in [3.63, 3.8) is 0 Å². The molecule has 0 aliphatic rings. The largest absolute Gasteiger partial charge is 1.00 e. The van der Waals surface area contributed by atoms with Crippen molar-refractivity contribution < 1.29 is 120 Å². The van der Waals surface area contributed by atoms with E-state index in [0.29, 0.717) is 46.1 Å². The summed E-state index contributed by atoms with van der Waals surface area (Å²) in [5.41, 5.74) is -7.13. The Kier molecular flexibility index (Phi) is 39.2. The maximum Gasteiger partial charge on any atom is 1.00 e. The van der Waals surface area contributed by atoms with Gasteiger partial charge in [-0.3, -0.25) is 14.4 Å². The summed E-state index contributed by atoms with van der Waals surface area (Å²) < 4.78 is 92.7. The molecular weight excluding hydrogens is 919 g/mol. The molecule has 1 unspecified atom stereocenters. The normalized spacial score (nSPS) is 12.2. The van der Waals surface area contributed by atoms with E-state index in [1.807, 2.05) is 41.5 Å². The molecule has 1 amide bonds. The number of hydrogen-bond acceptors (Lipinski definition) is 12. The molecule has 0 aliphatic carbocycles. The van der Waals surface area contributed by atoms with Gasteiger partial charge in [-0.25, -0.2) is 8.42 Å². The van der Waals surface area contributed by atoms with Gasteiger partial charge in [-0.2, -0.15) is 13.2 Å². The molecule has 1 atom stereocenters. The number of alkyl halides is 3. The number of sulfonamides is 1. The molecule has 0 fully saturated rings. The van der Waals surface area contributed by atoms with Crippen molar-refractivity contribution in [1.82, 2.24) is 0 Å². The van der Waals surface area contributed by atoms with E-state index in [-0.39, 0.29) is 95.3 Å². The number of nitrogens with zero attached hydrogens (tertiary/aromatic N) is 1. The number of rotatable bonds is 25. The van der Waals surface area contributed by atoms with Crippen LogP contribution in [0.5, 0.6) is 5.75 Å². The number of ether oxygens (including phenoxy) is 5. The van der Waals surface area contributed by atoms with Crippen LogP contribution in [0.3, 0.4) is 0 Å². The molecule has 0 radical (unpaired) electrons. The fraction of sp³-hybridized carbons (Fsp3) is 0.773. The Balaban J connectivity index is -0.000000273. The van der Waals surface area contributed by atoms with E-state index in [2.05, 4.69) is 37.8 Å². The third-order valence-corrected chi connectivity index (χ3v) is 18.1. The van der Waals surface area contributed by atoms with E-state index in [0.717, 1.165) is 49.6 Å². The van der Waals surface area contributed by atoms with E-state index in [1.165, 1.54) is 18.9 Å². The zero-order chi connectivity index (χ0) is 47.7. The first kappa shape index (κ1) is 71.8. The predicted molar refractivity (Wildman–Crippen MR) is 250 cm³/mol. The molecule has 0 spiro atoms. The molecule has 20 heteroatoms. The summed E-state index contributed by atoms with van der Waals surface area (Å²) >= 11 is 0. The molecular formula is C44H83F3KNO12SSi2. The van der Waals surface area contributed by atoms with Gasteiger partial charge in [0.2, 0.25) is 0 Å². The number of hydrogen-bond donors (Lipinski definition) is 0. The van der Waals surface area contributed by atoms with Crippen molar-refractivity contribution in [2.24, 2.45) is 16.7 Å². The van der Waals surface area contributed by atoms with Crippen LogP contribution in [-0.2, 0) is 47.5 Å². The number of unbranched alkanes of at least 4 members (excludes halogenated alkanes) is 1. The maximum atomic E-state index is 12.2. The van der Waals surface area contributed by atoms with Crippen LogP contribution in [0.2, 0.25) is 38.3 Å². The Morgan fingerprint density at radius 2 is 1.17 bits per heavy atom. The number of carbonyl (C=O) groups excluding carboxylic acids is 4. The quantitative estimate of drug-likeness (QED) is 0.0395. The number of amides is 1. The van der Waals surface area contributed by atoms with Gasteiger partial charge in [0.25, 0.3) is 0 Å². The Morgan fingerprint density at radius 1 is 0.703 bits per heavy atom. The molecule has 0 heterocycles. The van der Waals surface area contributed by atoms with Gasteiger partial charge in [0, 0.05) is 12.2 Å². The topological polar surface area (TPSA) is 172 Å². The molecule has 13 nitrogen and oxygen atoms in total. The molecule has 0 N–H and O–H groups in total. The molecule has 0 saturated carbocycles. The maximum absolute atomic E-state index is 12.2. The molecule has 0 aromatic heterocycles. The average Bonchev–Trinajstić information content (AvgIpc) is 3.17. The summed E-state index contributed by atoms with van der Waals surface area (Å²) in [6.07, 6.45) is 5.58. The first-order valence-electron chi connectivity index (χ1n) is 21.1. The van der Waals surface area contributed by atoms with Gasteiger partial charge in [0.1, 0.15) is 12.4 Å². The van der Waals surface area contributed by atoms with Gasteiger partial charge in [0.05, 0.1) is 49.1 Å². The van der Waals surface area contributed by atoms with Crippen molar-refractivity contribution in [3.05, 3.63) is 34.6 Å². The monoisotopic (exact) mass is 1000 g/mol. The van der Waals surface area contributed by atoms with Gasteiger partial charge in [-0.05, 0) is 123 Å². The van der Waals surface area contributed by atoms with Crippen molar-refractivity contribution in [3.8, 4) is 5.75 Å². The van der Waals surface area contributed by atoms with Crippen molar-refractivity contribution in [2.45, 2.75) is 166 Å². The Morgan fingerprint density at radius 3 is 1.62 bits per heavy atom. The van der Waals surface area contributed by atoms with E-state index >= 15 is 0 Å². The van der Waals surface area contributed by atoms with E-state index in [1.54, 1.807) is 20.8 Å². The zero-order valence-corrected chi connectivity index (χ0v) is 46.1. The Hall–Kier alpha value is -1.21. The zero-order valence-electron chi connectivity index (χ0n) is 40.2. The van der Waals surface area contributed by atoms with Gasteiger partial charge in [-0.1, -0.05) is 62.3 Å². The van der Waals surface area contributed by atoms with Crippen LogP contribution >= 0.6 is 0 Å². The first-order chi connectivity index (χ1) is 28.0. The Labute approximate surface area is 429 Å². The number of halogens is 3. The van der Waals surface area contributed by atoms with Crippen molar-refractivity contribution >= 4 is 50.5 Å². The minimum Gasteiger partial charge on any atom is -0.534 e. The van der Waals surface area contributed by atoms with Crippen LogP contribution in [0, 0.1) is 16.7 Å². The molecule has 1 aromatic carbocycles. The van der Waals surface area contributed by atoms with Gasteiger partial charge in [-0.15, -0.1) is 0 Å². The SMILES string of the molecule is C.C.CCC(C)(C)C(=O)Oc1ccc(C(=O)[N-]S(=O)(=O)C(F)(F)F)cc1.CCCC[Si](C)(C)O[Si](C)(C)CCCOC(=O)C(C)(C)CC.CCOCCOCCOC(=O)C(C)CC.[K+]. The van der Waals surface area contributed by atoms with Crippen LogP contribution in [0.15, 0.2) is 24.3 Å². The summed E-state index contributed by atoms with van der Waals surface area (Å²) in [5.74, 6) is -2.27. The Bertz CT molecular complexity index is 1560. The van der Waals surface area contributed by atoms with Crippen LogP contribution in [0.1, 0.15) is 133 Å². The second kappa shape index (κ2) is 35.0. The van der Waals surface area contributed by atoms with Crippen LogP contribution in [0.4, 0.5) is 13.2 Å². The smallest absolute Gasteiger partial charge is 0.534 e. The van der Waals surface area contributed by atoms with Gasteiger partial charge in [0.15, 0.2) is 26.7 Å². The first-order valence-corrected chi connectivity index (χ1v) is 28.8. The molecule has 0 saturated heterocycles. The van der Waals surface area contributed by atoms with Crippen molar-refractivity contribution in [1.29, 1.82) is 0 Å². The minimum absolute atomic E-state index is 0. The van der Waals surface area contributed by atoms with Gasteiger partial charge < -0.3 is 37.3 Å². The third kappa shape index (κ3) is 31.7.